The zero-order chi connectivity index (χ0) is 14.3. The SMILES string of the molecule is Cn1nc2c(c1Oc1cc(O)c(Cl)cc1Cl)CCC=C2. The topological polar surface area (TPSA) is 47.3 Å². The molecule has 0 radical (unpaired) electrons. The lowest BCUT2D eigenvalue weighted by Gasteiger charge is -2.11. The van der Waals surface area contributed by atoms with Gasteiger partial charge in [0, 0.05) is 18.7 Å². The van der Waals surface area contributed by atoms with Gasteiger partial charge in [0.15, 0.2) is 5.75 Å². The van der Waals surface area contributed by atoms with Gasteiger partial charge in [0.05, 0.1) is 15.7 Å². The molecule has 20 heavy (non-hydrogen) atoms. The molecule has 3 rings (SSSR count). The zero-order valence-electron chi connectivity index (χ0n) is 10.7. The summed E-state index contributed by atoms with van der Waals surface area (Å²) < 4.78 is 7.50. The normalized spacial score (nSPS) is 13.3. The van der Waals surface area contributed by atoms with Crippen molar-refractivity contribution in [1.82, 2.24) is 9.78 Å². The van der Waals surface area contributed by atoms with E-state index in [0.717, 1.165) is 24.1 Å². The van der Waals surface area contributed by atoms with Crippen LogP contribution in [0.25, 0.3) is 6.08 Å². The van der Waals surface area contributed by atoms with E-state index in [0.29, 0.717) is 16.7 Å². The van der Waals surface area contributed by atoms with Crippen molar-refractivity contribution >= 4 is 29.3 Å². The first-order chi connectivity index (χ1) is 9.56. The third kappa shape index (κ3) is 2.25. The van der Waals surface area contributed by atoms with Crippen LogP contribution < -0.4 is 4.74 Å². The first-order valence-corrected chi connectivity index (χ1v) is 6.90. The molecular weight excluding hydrogens is 299 g/mol. The van der Waals surface area contributed by atoms with Gasteiger partial charge in [-0.25, -0.2) is 4.68 Å². The van der Waals surface area contributed by atoms with E-state index < -0.39 is 0 Å². The number of hydrogen-bond acceptors (Lipinski definition) is 3. The number of aryl methyl sites for hydroxylation is 1. The predicted molar refractivity (Wildman–Crippen MR) is 78.8 cm³/mol. The van der Waals surface area contributed by atoms with Gasteiger partial charge in [0.25, 0.3) is 0 Å². The Bertz CT molecular complexity index is 708. The molecule has 0 aliphatic heterocycles. The van der Waals surface area contributed by atoms with Gasteiger partial charge in [0.1, 0.15) is 5.75 Å². The second-order valence-electron chi connectivity index (χ2n) is 4.57. The van der Waals surface area contributed by atoms with Crippen LogP contribution in [0, 0.1) is 0 Å². The largest absolute Gasteiger partial charge is 0.506 e. The Balaban J connectivity index is 2.02. The van der Waals surface area contributed by atoms with E-state index in [2.05, 4.69) is 11.2 Å². The third-order valence-corrected chi connectivity index (χ3v) is 3.76. The Morgan fingerprint density at radius 2 is 2.10 bits per heavy atom. The van der Waals surface area contributed by atoms with Crippen LogP contribution in [-0.4, -0.2) is 14.9 Å². The number of nitrogens with zero attached hydrogens (tertiary/aromatic N) is 2. The number of phenolic OH excluding ortho intramolecular Hbond substituents is 1. The fourth-order valence-electron chi connectivity index (χ4n) is 2.19. The van der Waals surface area contributed by atoms with E-state index in [1.807, 2.05) is 13.1 Å². The van der Waals surface area contributed by atoms with E-state index in [4.69, 9.17) is 27.9 Å². The number of fused-ring (bicyclic) bond motifs is 1. The lowest BCUT2D eigenvalue weighted by Crippen LogP contribution is -1.98. The molecule has 0 bridgehead atoms. The summed E-state index contributed by atoms with van der Waals surface area (Å²) in [5, 5.41) is 14.6. The minimum absolute atomic E-state index is 0.0676. The summed E-state index contributed by atoms with van der Waals surface area (Å²) in [5.74, 6) is 0.920. The van der Waals surface area contributed by atoms with Crippen molar-refractivity contribution in [3.05, 3.63) is 39.5 Å². The Morgan fingerprint density at radius 1 is 1.30 bits per heavy atom. The van der Waals surface area contributed by atoms with E-state index in [-0.39, 0.29) is 10.8 Å². The van der Waals surface area contributed by atoms with Crippen molar-refractivity contribution in [1.29, 1.82) is 0 Å². The lowest BCUT2D eigenvalue weighted by atomic mass is 10.0. The smallest absolute Gasteiger partial charge is 0.221 e. The van der Waals surface area contributed by atoms with Gasteiger partial charge in [-0.3, -0.25) is 0 Å². The molecule has 1 N–H and O–H groups in total. The van der Waals surface area contributed by atoms with E-state index in [9.17, 15) is 5.11 Å². The van der Waals surface area contributed by atoms with Crippen LogP contribution in [-0.2, 0) is 13.5 Å². The first-order valence-electron chi connectivity index (χ1n) is 6.14. The van der Waals surface area contributed by atoms with Crippen molar-refractivity contribution in [3.8, 4) is 17.4 Å². The van der Waals surface area contributed by atoms with Gasteiger partial charge >= 0.3 is 0 Å². The highest BCUT2D eigenvalue weighted by Gasteiger charge is 2.19. The van der Waals surface area contributed by atoms with Crippen LogP contribution in [0.1, 0.15) is 17.7 Å². The Labute approximate surface area is 126 Å². The average molecular weight is 311 g/mol. The third-order valence-electron chi connectivity index (χ3n) is 3.16. The van der Waals surface area contributed by atoms with Crippen LogP contribution in [0.2, 0.25) is 10.0 Å². The molecule has 0 saturated carbocycles. The molecular formula is C14H12Cl2N2O2. The van der Waals surface area contributed by atoms with Gasteiger partial charge in [0.2, 0.25) is 5.88 Å². The molecule has 0 fully saturated rings. The minimum Gasteiger partial charge on any atom is -0.506 e. The second-order valence-corrected chi connectivity index (χ2v) is 5.38. The maximum atomic E-state index is 9.66. The molecule has 0 spiro atoms. The maximum Gasteiger partial charge on any atom is 0.221 e. The fraction of sp³-hybridized carbons (Fsp3) is 0.214. The molecule has 0 saturated heterocycles. The van der Waals surface area contributed by atoms with Crippen LogP contribution in [0.5, 0.6) is 17.4 Å². The first kappa shape index (κ1) is 13.3. The standard InChI is InChI=1S/C14H12Cl2N2O2/c1-18-14(8-4-2-3-5-11(8)17-18)20-13-7-12(19)9(15)6-10(13)16/h3,5-7,19H,2,4H2,1H3. The van der Waals surface area contributed by atoms with Gasteiger partial charge < -0.3 is 9.84 Å². The summed E-state index contributed by atoms with van der Waals surface area (Å²) in [4.78, 5) is 0. The van der Waals surface area contributed by atoms with Crippen molar-refractivity contribution in [2.24, 2.45) is 7.05 Å². The Hall–Kier alpha value is -1.65. The number of ether oxygens (including phenoxy) is 1. The summed E-state index contributed by atoms with van der Waals surface area (Å²) in [7, 11) is 1.81. The summed E-state index contributed by atoms with van der Waals surface area (Å²) in [5.41, 5.74) is 1.95. The molecule has 0 amide bonds. The number of aromatic nitrogens is 2. The molecule has 1 aromatic heterocycles. The molecule has 4 nitrogen and oxygen atoms in total. The molecule has 0 atom stereocenters. The number of phenols is 1. The molecule has 104 valence electrons. The Morgan fingerprint density at radius 3 is 2.90 bits per heavy atom. The summed E-state index contributed by atoms with van der Waals surface area (Å²) in [6.45, 7) is 0. The quantitative estimate of drug-likeness (QED) is 0.905. The highest BCUT2D eigenvalue weighted by molar-refractivity contribution is 6.36. The van der Waals surface area contributed by atoms with Crippen molar-refractivity contribution in [3.63, 3.8) is 0 Å². The molecule has 1 aromatic carbocycles. The summed E-state index contributed by atoms with van der Waals surface area (Å²) in [6.07, 6.45) is 5.88. The number of aromatic hydroxyl groups is 1. The van der Waals surface area contributed by atoms with E-state index in [1.54, 1.807) is 4.68 Å². The fourth-order valence-corrected chi connectivity index (χ4v) is 2.61. The monoisotopic (exact) mass is 310 g/mol. The Kier molecular flexibility index (Phi) is 3.36. The van der Waals surface area contributed by atoms with Crippen LogP contribution in [0.15, 0.2) is 18.2 Å². The molecule has 1 heterocycles. The number of benzene rings is 1. The van der Waals surface area contributed by atoms with Gasteiger partial charge in [-0.1, -0.05) is 29.3 Å². The average Bonchev–Trinajstić information content (AvgIpc) is 2.72. The zero-order valence-corrected chi connectivity index (χ0v) is 12.2. The van der Waals surface area contributed by atoms with E-state index in [1.165, 1.54) is 12.1 Å². The molecule has 1 aliphatic carbocycles. The number of hydrogen-bond donors (Lipinski definition) is 1. The summed E-state index contributed by atoms with van der Waals surface area (Å²) in [6, 6.07) is 2.86. The number of halogens is 2. The molecule has 2 aromatic rings. The molecule has 1 aliphatic rings. The molecule has 6 heteroatoms. The maximum absolute atomic E-state index is 9.66. The van der Waals surface area contributed by atoms with Crippen molar-refractivity contribution in [2.75, 3.05) is 0 Å². The van der Waals surface area contributed by atoms with Gasteiger partial charge in [-0.15, -0.1) is 0 Å². The van der Waals surface area contributed by atoms with E-state index >= 15 is 0 Å². The van der Waals surface area contributed by atoms with Crippen LogP contribution in [0.3, 0.4) is 0 Å². The van der Waals surface area contributed by atoms with Crippen LogP contribution >= 0.6 is 23.2 Å². The highest BCUT2D eigenvalue weighted by atomic mass is 35.5. The highest BCUT2D eigenvalue weighted by Crippen LogP contribution is 2.39. The van der Waals surface area contributed by atoms with Gasteiger partial charge in [-0.2, -0.15) is 5.10 Å². The number of allylic oxidation sites excluding steroid dienone is 1. The minimum atomic E-state index is -0.0676. The molecule has 0 unspecified atom stereocenters. The summed E-state index contributed by atoms with van der Waals surface area (Å²) >= 11 is 11.9. The van der Waals surface area contributed by atoms with Crippen LogP contribution in [0.4, 0.5) is 0 Å². The second kappa shape index (κ2) is 5.04. The van der Waals surface area contributed by atoms with Crippen molar-refractivity contribution in [2.45, 2.75) is 12.8 Å². The van der Waals surface area contributed by atoms with Gasteiger partial charge in [-0.05, 0) is 25.0 Å². The number of rotatable bonds is 2. The predicted octanol–water partition coefficient (Wildman–Crippen LogP) is 4.18. The lowest BCUT2D eigenvalue weighted by molar-refractivity contribution is 0.419. The van der Waals surface area contributed by atoms with Crippen molar-refractivity contribution < 1.29 is 9.84 Å².